The molecule has 1 N–H and O–H groups in total. The van der Waals surface area contributed by atoms with Gasteiger partial charge in [-0.2, -0.15) is 0 Å². The predicted molar refractivity (Wildman–Crippen MR) is 102 cm³/mol. The molecule has 1 aromatic carbocycles. The molecule has 0 spiro atoms. The summed E-state index contributed by atoms with van der Waals surface area (Å²) in [7, 11) is 1.60. The normalized spacial score (nSPS) is 14.1. The van der Waals surface area contributed by atoms with Crippen LogP contribution in [0.3, 0.4) is 0 Å². The maximum absolute atomic E-state index is 13.9. The van der Waals surface area contributed by atoms with E-state index in [0.717, 1.165) is 24.5 Å². The third-order valence-corrected chi connectivity index (χ3v) is 4.77. The van der Waals surface area contributed by atoms with Crippen molar-refractivity contribution < 1.29 is 13.9 Å². The molecule has 3 rings (SSSR count). The zero-order valence-electron chi connectivity index (χ0n) is 15.1. The van der Waals surface area contributed by atoms with Crippen LogP contribution in [0.15, 0.2) is 36.5 Å². The second kappa shape index (κ2) is 9.01. The first kappa shape index (κ1) is 19.4. The van der Waals surface area contributed by atoms with Gasteiger partial charge >= 0.3 is 6.03 Å². The molecule has 1 aliphatic heterocycles. The average Bonchev–Trinajstić information content (AvgIpc) is 2.69. The summed E-state index contributed by atoms with van der Waals surface area (Å²) in [4.78, 5) is 20.4. The second-order valence-corrected chi connectivity index (χ2v) is 6.71. The summed E-state index contributed by atoms with van der Waals surface area (Å²) < 4.78 is 19.3. The number of carbonyl (C=O) groups is 1. The minimum atomic E-state index is -0.427. The van der Waals surface area contributed by atoms with Crippen LogP contribution in [-0.4, -0.2) is 49.3 Å². The van der Waals surface area contributed by atoms with Crippen molar-refractivity contribution in [2.24, 2.45) is 0 Å². The van der Waals surface area contributed by atoms with Crippen molar-refractivity contribution in [3.05, 3.63) is 58.5 Å². The summed E-state index contributed by atoms with van der Waals surface area (Å²) in [6.45, 7) is 3.27. The lowest BCUT2D eigenvalue weighted by atomic mass is 10.2. The van der Waals surface area contributed by atoms with Gasteiger partial charge in [0.15, 0.2) is 0 Å². The Morgan fingerprint density at radius 2 is 2.11 bits per heavy atom. The summed E-state index contributed by atoms with van der Waals surface area (Å²) in [6.07, 6.45) is 1.74. The van der Waals surface area contributed by atoms with Crippen LogP contribution in [0.5, 0.6) is 0 Å². The number of ether oxygens (including phenoxy) is 1. The van der Waals surface area contributed by atoms with E-state index >= 15 is 0 Å². The molecule has 1 aliphatic rings. The molecule has 0 radical (unpaired) electrons. The van der Waals surface area contributed by atoms with Crippen LogP contribution in [0.1, 0.15) is 11.1 Å². The Labute approximate surface area is 162 Å². The third kappa shape index (κ3) is 4.87. The highest BCUT2D eigenvalue weighted by atomic mass is 35.5. The van der Waals surface area contributed by atoms with Gasteiger partial charge in [0.1, 0.15) is 11.6 Å². The molecule has 2 aromatic rings. The van der Waals surface area contributed by atoms with Crippen LogP contribution >= 0.6 is 11.6 Å². The van der Waals surface area contributed by atoms with E-state index in [2.05, 4.69) is 15.2 Å². The lowest BCUT2D eigenvalue weighted by Crippen LogP contribution is -2.39. The number of morpholine rings is 1. The monoisotopic (exact) mass is 392 g/mol. The molecule has 2 amide bonds. The quantitative estimate of drug-likeness (QED) is 0.849. The molecule has 27 heavy (non-hydrogen) atoms. The molecule has 6 nitrogen and oxygen atoms in total. The number of rotatable bonds is 5. The first-order valence-corrected chi connectivity index (χ1v) is 9.12. The number of aromatic nitrogens is 1. The van der Waals surface area contributed by atoms with Crippen molar-refractivity contribution in [2.75, 3.05) is 38.3 Å². The fourth-order valence-corrected chi connectivity index (χ4v) is 3.15. The molecule has 0 bridgehead atoms. The van der Waals surface area contributed by atoms with Crippen LogP contribution in [0.2, 0.25) is 5.02 Å². The molecule has 1 fully saturated rings. The fraction of sp³-hybridized carbons (Fsp3) is 0.368. The third-order valence-electron chi connectivity index (χ3n) is 4.41. The number of benzene rings is 1. The van der Waals surface area contributed by atoms with Crippen LogP contribution < -0.4 is 10.2 Å². The highest BCUT2D eigenvalue weighted by molar-refractivity contribution is 6.31. The summed E-state index contributed by atoms with van der Waals surface area (Å²) >= 11 is 6.04. The molecule has 2 heterocycles. The van der Waals surface area contributed by atoms with E-state index in [1.807, 2.05) is 12.1 Å². The molecule has 0 aliphatic carbocycles. The highest BCUT2D eigenvalue weighted by Gasteiger charge is 2.18. The van der Waals surface area contributed by atoms with Crippen LogP contribution in [-0.2, 0) is 17.8 Å². The standard InChI is InChI=1S/C19H22ClFN4O2/c1-24(13-15-16(20)5-2-6-17(15)21)19(26)23-12-14-4-3-7-22-18(14)25-8-10-27-11-9-25/h2-7H,8-13H2,1H3,(H,23,26). The van der Waals surface area contributed by atoms with Gasteiger partial charge < -0.3 is 19.9 Å². The van der Waals surface area contributed by atoms with Gasteiger partial charge in [-0.15, -0.1) is 0 Å². The number of carbonyl (C=O) groups excluding carboxylic acids is 1. The molecule has 1 aromatic heterocycles. The van der Waals surface area contributed by atoms with Crippen molar-refractivity contribution in [3.63, 3.8) is 0 Å². The maximum Gasteiger partial charge on any atom is 0.317 e. The van der Waals surface area contributed by atoms with E-state index in [1.165, 1.54) is 17.0 Å². The number of nitrogens with one attached hydrogen (secondary N) is 1. The minimum absolute atomic E-state index is 0.0840. The molecule has 1 saturated heterocycles. The largest absolute Gasteiger partial charge is 0.378 e. The summed E-state index contributed by atoms with van der Waals surface area (Å²) in [6, 6.07) is 7.94. The number of nitrogens with zero attached hydrogens (tertiary/aromatic N) is 3. The predicted octanol–water partition coefficient (Wildman–Crippen LogP) is 3.05. The lowest BCUT2D eigenvalue weighted by Gasteiger charge is -2.29. The summed E-state index contributed by atoms with van der Waals surface area (Å²) in [5.41, 5.74) is 1.22. The van der Waals surface area contributed by atoms with Gasteiger partial charge in [0.05, 0.1) is 19.8 Å². The lowest BCUT2D eigenvalue weighted by molar-refractivity contribution is 0.122. The SMILES string of the molecule is CN(Cc1c(F)cccc1Cl)C(=O)NCc1cccnc1N1CCOCC1. The van der Waals surface area contributed by atoms with E-state index in [4.69, 9.17) is 16.3 Å². The Balaban J connectivity index is 1.62. The topological polar surface area (TPSA) is 57.7 Å². The van der Waals surface area contributed by atoms with Crippen molar-refractivity contribution in [2.45, 2.75) is 13.1 Å². The molecular formula is C19H22ClFN4O2. The number of anilines is 1. The summed E-state index contributed by atoms with van der Waals surface area (Å²) in [5, 5.41) is 3.16. The highest BCUT2D eigenvalue weighted by Crippen LogP contribution is 2.21. The van der Waals surface area contributed by atoms with Crippen molar-refractivity contribution >= 4 is 23.4 Å². The van der Waals surface area contributed by atoms with Gasteiger partial charge in [0.2, 0.25) is 0 Å². The van der Waals surface area contributed by atoms with Crippen molar-refractivity contribution in [3.8, 4) is 0 Å². The van der Waals surface area contributed by atoms with Gasteiger partial charge in [0, 0.05) is 49.0 Å². The van der Waals surface area contributed by atoms with E-state index < -0.39 is 5.82 Å². The molecular weight excluding hydrogens is 371 g/mol. The van der Waals surface area contributed by atoms with Crippen LogP contribution in [0, 0.1) is 5.82 Å². The van der Waals surface area contributed by atoms with Crippen molar-refractivity contribution in [1.29, 1.82) is 0 Å². The van der Waals surface area contributed by atoms with Crippen molar-refractivity contribution in [1.82, 2.24) is 15.2 Å². The Morgan fingerprint density at radius 1 is 1.33 bits per heavy atom. The first-order valence-electron chi connectivity index (χ1n) is 8.74. The zero-order valence-corrected chi connectivity index (χ0v) is 15.9. The molecule has 8 heteroatoms. The van der Waals surface area contributed by atoms with Gasteiger partial charge in [-0.05, 0) is 18.2 Å². The van der Waals surface area contributed by atoms with Gasteiger partial charge in [-0.1, -0.05) is 23.7 Å². The van der Waals surface area contributed by atoms with Gasteiger partial charge in [0.25, 0.3) is 0 Å². The number of hydrogen-bond acceptors (Lipinski definition) is 4. The molecule has 0 saturated carbocycles. The van der Waals surface area contributed by atoms with Crippen LogP contribution in [0.25, 0.3) is 0 Å². The summed E-state index contributed by atoms with van der Waals surface area (Å²) in [5.74, 6) is 0.421. The van der Waals surface area contributed by atoms with Gasteiger partial charge in [-0.3, -0.25) is 0 Å². The number of urea groups is 1. The Bertz CT molecular complexity index is 779. The van der Waals surface area contributed by atoms with E-state index in [1.54, 1.807) is 19.3 Å². The number of amides is 2. The van der Waals surface area contributed by atoms with Gasteiger partial charge in [-0.25, -0.2) is 14.2 Å². The average molecular weight is 393 g/mol. The van der Waals surface area contributed by atoms with E-state index in [-0.39, 0.29) is 12.6 Å². The maximum atomic E-state index is 13.9. The Kier molecular flexibility index (Phi) is 6.47. The molecule has 0 atom stereocenters. The number of pyridine rings is 1. The van der Waals surface area contributed by atoms with Crippen LogP contribution in [0.4, 0.5) is 15.0 Å². The fourth-order valence-electron chi connectivity index (χ4n) is 2.93. The molecule has 144 valence electrons. The molecule has 0 unspecified atom stereocenters. The smallest absolute Gasteiger partial charge is 0.317 e. The number of hydrogen-bond donors (Lipinski definition) is 1. The van der Waals surface area contributed by atoms with E-state index in [9.17, 15) is 9.18 Å². The Hall–Kier alpha value is -2.38. The minimum Gasteiger partial charge on any atom is -0.378 e. The number of halogens is 2. The first-order chi connectivity index (χ1) is 13.1. The zero-order chi connectivity index (χ0) is 19.2. The second-order valence-electron chi connectivity index (χ2n) is 6.30. The Morgan fingerprint density at radius 3 is 2.85 bits per heavy atom. The van der Waals surface area contributed by atoms with E-state index in [0.29, 0.717) is 30.3 Å².